The summed E-state index contributed by atoms with van der Waals surface area (Å²) in [5.74, 6) is 0.726. The maximum atomic E-state index is 8.99. The molecule has 0 aliphatic heterocycles. The molecule has 0 amide bonds. The van der Waals surface area contributed by atoms with Crippen LogP contribution in [0.4, 0.5) is 0 Å². The Kier molecular flexibility index (Phi) is 3.86. The van der Waals surface area contributed by atoms with Crippen LogP contribution in [0, 0.1) is 0 Å². The Morgan fingerprint density at radius 2 is 2.12 bits per heavy atom. The van der Waals surface area contributed by atoms with E-state index in [1.165, 1.54) is 0 Å². The highest BCUT2D eigenvalue weighted by molar-refractivity contribution is 9.11. The van der Waals surface area contributed by atoms with E-state index in [1.54, 1.807) is 24.1 Å². The summed E-state index contributed by atoms with van der Waals surface area (Å²) in [6.45, 7) is -0.0711. The van der Waals surface area contributed by atoms with Crippen LogP contribution in [-0.4, -0.2) is 22.0 Å². The monoisotopic (exact) mass is 360 g/mol. The predicted octanol–water partition coefficient (Wildman–Crippen LogP) is 2.90. The molecule has 1 aromatic carbocycles. The molecule has 6 heteroatoms. The van der Waals surface area contributed by atoms with Gasteiger partial charge in [0.2, 0.25) is 0 Å². The lowest BCUT2D eigenvalue weighted by Crippen LogP contribution is -1.98. The van der Waals surface area contributed by atoms with Gasteiger partial charge in [-0.1, -0.05) is 0 Å². The molecule has 2 aromatic rings. The number of halogens is 2. The first-order chi connectivity index (χ1) is 8.15. The SMILES string of the molecule is COc1cc(-n2ccc(CO)n2)c(Br)cc1Br. The number of methoxy groups -OCH3 is 1. The summed E-state index contributed by atoms with van der Waals surface area (Å²) in [7, 11) is 1.61. The van der Waals surface area contributed by atoms with Gasteiger partial charge in [-0.3, -0.25) is 0 Å². The van der Waals surface area contributed by atoms with Crippen molar-refractivity contribution in [3.8, 4) is 11.4 Å². The summed E-state index contributed by atoms with van der Waals surface area (Å²) in [5, 5.41) is 13.2. The van der Waals surface area contributed by atoms with Crippen molar-refractivity contribution >= 4 is 31.9 Å². The molecule has 0 fully saturated rings. The first-order valence-electron chi connectivity index (χ1n) is 4.84. The van der Waals surface area contributed by atoms with Crippen molar-refractivity contribution in [1.29, 1.82) is 0 Å². The molecule has 0 saturated carbocycles. The van der Waals surface area contributed by atoms with E-state index in [0.717, 1.165) is 20.4 Å². The van der Waals surface area contributed by atoms with Gasteiger partial charge in [0.25, 0.3) is 0 Å². The molecular weight excluding hydrogens is 352 g/mol. The minimum Gasteiger partial charge on any atom is -0.495 e. The molecule has 0 atom stereocenters. The molecule has 1 N–H and O–H groups in total. The Morgan fingerprint density at radius 1 is 1.35 bits per heavy atom. The van der Waals surface area contributed by atoms with Gasteiger partial charge in [-0.15, -0.1) is 0 Å². The maximum absolute atomic E-state index is 8.99. The number of aromatic nitrogens is 2. The zero-order valence-corrected chi connectivity index (χ0v) is 12.2. The predicted molar refractivity (Wildman–Crippen MR) is 71.4 cm³/mol. The summed E-state index contributed by atoms with van der Waals surface area (Å²) in [6, 6.07) is 5.53. The van der Waals surface area contributed by atoms with E-state index in [2.05, 4.69) is 37.0 Å². The van der Waals surface area contributed by atoms with Gasteiger partial charge < -0.3 is 9.84 Å². The van der Waals surface area contributed by atoms with Crippen molar-refractivity contribution in [3.05, 3.63) is 39.0 Å². The van der Waals surface area contributed by atoms with Crippen molar-refractivity contribution in [2.75, 3.05) is 7.11 Å². The van der Waals surface area contributed by atoms with Crippen molar-refractivity contribution in [1.82, 2.24) is 9.78 Å². The molecule has 17 heavy (non-hydrogen) atoms. The fourth-order valence-electron chi connectivity index (χ4n) is 1.43. The van der Waals surface area contributed by atoms with Crippen LogP contribution in [-0.2, 0) is 6.61 Å². The molecule has 1 aromatic heterocycles. The quantitative estimate of drug-likeness (QED) is 0.914. The lowest BCUT2D eigenvalue weighted by molar-refractivity contribution is 0.276. The van der Waals surface area contributed by atoms with Gasteiger partial charge in [0.05, 0.1) is 29.6 Å². The Bertz CT molecular complexity index is 540. The van der Waals surface area contributed by atoms with Gasteiger partial charge in [0.15, 0.2) is 0 Å². The number of nitrogens with zero attached hydrogens (tertiary/aromatic N) is 2. The highest BCUT2D eigenvalue weighted by atomic mass is 79.9. The van der Waals surface area contributed by atoms with Crippen molar-refractivity contribution in [2.45, 2.75) is 6.61 Å². The summed E-state index contributed by atoms with van der Waals surface area (Å²) in [6.07, 6.45) is 1.79. The first kappa shape index (κ1) is 12.6. The number of rotatable bonds is 3. The number of aliphatic hydroxyl groups is 1. The lowest BCUT2D eigenvalue weighted by atomic mass is 10.3. The number of benzene rings is 1. The average Bonchev–Trinajstić information content (AvgIpc) is 2.78. The van der Waals surface area contributed by atoms with Crippen molar-refractivity contribution in [3.63, 3.8) is 0 Å². The molecule has 0 saturated heterocycles. The van der Waals surface area contributed by atoms with Gasteiger partial charge in [-0.05, 0) is 44.0 Å². The standard InChI is InChI=1S/C11H10Br2N2O2/c1-17-11-5-10(8(12)4-9(11)13)15-3-2-7(6-16)14-15/h2-5,16H,6H2,1H3. The Labute approximate surface area is 115 Å². The zero-order valence-electron chi connectivity index (χ0n) is 9.02. The van der Waals surface area contributed by atoms with E-state index in [9.17, 15) is 0 Å². The molecule has 0 aliphatic carbocycles. The molecule has 2 rings (SSSR count). The highest BCUT2D eigenvalue weighted by Crippen LogP contribution is 2.33. The summed E-state index contributed by atoms with van der Waals surface area (Å²) in [5.41, 5.74) is 1.48. The van der Waals surface area contributed by atoms with Gasteiger partial charge in [0, 0.05) is 16.7 Å². The second kappa shape index (κ2) is 5.20. The Balaban J connectivity index is 2.50. The number of aliphatic hydroxyl groups excluding tert-OH is 1. The molecule has 0 spiro atoms. The first-order valence-corrected chi connectivity index (χ1v) is 6.43. The normalized spacial score (nSPS) is 10.6. The fraction of sp³-hybridized carbons (Fsp3) is 0.182. The van der Waals surface area contributed by atoms with Crippen LogP contribution in [0.3, 0.4) is 0 Å². The minimum absolute atomic E-state index is 0.0711. The highest BCUT2D eigenvalue weighted by Gasteiger charge is 2.10. The fourth-order valence-corrected chi connectivity index (χ4v) is 2.77. The Hall–Kier alpha value is -0.850. The molecule has 4 nitrogen and oxygen atoms in total. The second-order valence-electron chi connectivity index (χ2n) is 3.35. The average molecular weight is 362 g/mol. The third-order valence-electron chi connectivity index (χ3n) is 2.27. The van der Waals surface area contributed by atoms with E-state index in [1.807, 2.05) is 12.1 Å². The van der Waals surface area contributed by atoms with Crippen LogP contribution in [0.25, 0.3) is 5.69 Å². The van der Waals surface area contributed by atoms with Gasteiger partial charge in [-0.25, -0.2) is 4.68 Å². The molecule has 0 radical (unpaired) electrons. The topological polar surface area (TPSA) is 47.3 Å². The van der Waals surface area contributed by atoms with Crippen LogP contribution < -0.4 is 4.74 Å². The number of hydrogen-bond acceptors (Lipinski definition) is 3. The lowest BCUT2D eigenvalue weighted by Gasteiger charge is -2.09. The van der Waals surface area contributed by atoms with Crippen molar-refractivity contribution in [2.24, 2.45) is 0 Å². The van der Waals surface area contributed by atoms with Crippen LogP contribution in [0.2, 0.25) is 0 Å². The molecular formula is C11H10Br2N2O2. The molecule has 90 valence electrons. The Morgan fingerprint density at radius 3 is 2.71 bits per heavy atom. The largest absolute Gasteiger partial charge is 0.495 e. The van der Waals surface area contributed by atoms with Crippen LogP contribution in [0.1, 0.15) is 5.69 Å². The van der Waals surface area contributed by atoms with Gasteiger partial charge in [0.1, 0.15) is 5.75 Å². The van der Waals surface area contributed by atoms with E-state index in [-0.39, 0.29) is 6.61 Å². The van der Waals surface area contributed by atoms with Gasteiger partial charge in [-0.2, -0.15) is 5.10 Å². The van der Waals surface area contributed by atoms with Gasteiger partial charge >= 0.3 is 0 Å². The summed E-state index contributed by atoms with van der Waals surface area (Å²) in [4.78, 5) is 0. The van der Waals surface area contributed by atoms with E-state index >= 15 is 0 Å². The minimum atomic E-state index is -0.0711. The molecule has 0 aliphatic rings. The second-order valence-corrected chi connectivity index (χ2v) is 5.06. The molecule has 1 heterocycles. The van der Waals surface area contributed by atoms with Crippen LogP contribution >= 0.6 is 31.9 Å². The van der Waals surface area contributed by atoms with Crippen LogP contribution in [0.5, 0.6) is 5.75 Å². The maximum Gasteiger partial charge on any atom is 0.135 e. The zero-order chi connectivity index (χ0) is 12.4. The third kappa shape index (κ3) is 2.53. The number of hydrogen-bond donors (Lipinski definition) is 1. The summed E-state index contributed by atoms with van der Waals surface area (Å²) < 4.78 is 8.67. The van der Waals surface area contributed by atoms with Crippen molar-refractivity contribution < 1.29 is 9.84 Å². The van der Waals surface area contributed by atoms with Crippen LogP contribution in [0.15, 0.2) is 33.3 Å². The van der Waals surface area contributed by atoms with E-state index in [0.29, 0.717) is 5.69 Å². The third-order valence-corrected chi connectivity index (χ3v) is 3.53. The number of ether oxygens (including phenoxy) is 1. The van der Waals surface area contributed by atoms with E-state index in [4.69, 9.17) is 9.84 Å². The summed E-state index contributed by atoms with van der Waals surface area (Å²) >= 11 is 6.88. The molecule has 0 bridgehead atoms. The smallest absolute Gasteiger partial charge is 0.135 e. The molecule has 0 unspecified atom stereocenters. The van der Waals surface area contributed by atoms with E-state index < -0.39 is 0 Å².